The number of rotatable bonds is 3. The fourth-order valence-corrected chi connectivity index (χ4v) is 3.88. The summed E-state index contributed by atoms with van der Waals surface area (Å²) in [5.41, 5.74) is 3.20. The van der Waals surface area contributed by atoms with Crippen LogP contribution in [0.15, 0.2) is 30.0 Å². The molecule has 1 aliphatic carbocycles. The first kappa shape index (κ1) is 19.8. The zero-order valence-corrected chi connectivity index (χ0v) is 16.0. The van der Waals surface area contributed by atoms with Crippen molar-refractivity contribution in [2.75, 3.05) is 31.4 Å². The molecule has 4 aliphatic rings. The van der Waals surface area contributed by atoms with Crippen molar-refractivity contribution in [1.82, 2.24) is 21.1 Å². The van der Waals surface area contributed by atoms with Crippen molar-refractivity contribution in [3.05, 3.63) is 41.1 Å². The first-order valence-corrected chi connectivity index (χ1v) is 9.92. The van der Waals surface area contributed by atoms with Gasteiger partial charge in [0.05, 0.1) is 43.2 Å². The molecular formula is C19H22F3N5O3. The normalized spacial score (nSPS) is 28.0. The largest absolute Gasteiger partial charge is 0.418 e. The van der Waals surface area contributed by atoms with Gasteiger partial charge in [0.2, 0.25) is 0 Å². The number of nitrogens with one attached hydrogen (secondary N) is 3. The number of nitrogens with zero attached hydrogens (tertiary/aromatic N) is 2. The fraction of sp³-hybridized carbons (Fsp3) is 0.526. The molecule has 3 aliphatic heterocycles. The van der Waals surface area contributed by atoms with E-state index in [1.807, 2.05) is 0 Å². The zero-order chi connectivity index (χ0) is 20.9. The monoisotopic (exact) mass is 425 g/mol. The minimum atomic E-state index is -4.51. The highest BCUT2D eigenvalue weighted by molar-refractivity contribution is 5.96. The van der Waals surface area contributed by atoms with Gasteiger partial charge in [-0.25, -0.2) is 5.43 Å². The summed E-state index contributed by atoms with van der Waals surface area (Å²) in [6.45, 7) is 1.69. The number of benzene rings is 1. The Kier molecular flexibility index (Phi) is 4.94. The number of anilines is 1. The van der Waals surface area contributed by atoms with Crippen molar-refractivity contribution < 1.29 is 27.5 Å². The van der Waals surface area contributed by atoms with Gasteiger partial charge in [-0.05, 0) is 36.5 Å². The third-order valence-electron chi connectivity index (χ3n) is 5.56. The van der Waals surface area contributed by atoms with Gasteiger partial charge in [0.15, 0.2) is 6.29 Å². The number of alkyl halides is 3. The van der Waals surface area contributed by atoms with E-state index in [9.17, 15) is 18.0 Å². The van der Waals surface area contributed by atoms with Gasteiger partial charge in [-0.15, -0.1) is 0 Å². The third kappa shape index (κ3) is 3.79. The number of hydrazine groups is 1. The van der Waals surface area contributed by atoms with Gasteiger partial charge in [0.25, 0.3) is 5.91 Å². The average molecular weight is 425 g/mol. The number of carbonyl (C=O) groups is 1. The highest BCUT2D eigenvalue weighted by Crippen LogP contribution is 2.44. The number of halogens is 3. The molecule has 30 heavy (non-hydrogen) atoms. The highest BCUT2D eigenvalue weighted by atomic mass is 19.4. The Bertz CT molecular complexity index is 865. The number of amides is 1. The summed E-state index contributed by atoms with van der Waals surface area (Å²) in [5, 5.41) is 8.76. The van der Waals surface area contributed by atoms with Crippen LogP contribution in [0, 0.1) is 0 Å². The lowest BCUT2D eigenvalue weighted by Gasteiger charge is -2.36. The molecule has 11 heteroatoms. The zero-order valence-electron chi connectivity index (χ0n) is 16.0. The molecule has 1 amide bonds. The Labute approximate surface area is 170 Å². The Morgan fingerprint density at radius 2 is 1.97 bits per heavy atom. The molecule has 8 nitrogen and oxygen atoms in total. The van der Waals surface area contributed by atoms with E-state index in [1.165, 1.54) is 23.3 Å². The topological polar surface area (TPSA) is 78.1 Å². The van der Waals surface area contributed by atoms with Crippen molar-refractivity contribution in [3.8, 4) is 0 Å². The van der Waals surface area contributed by atoms with Crippen LogP contribution in [-0.2, 0) is 20.5 Å². The van der Waals surface area contributed by atoms with Crippen molar-refractivity contribution >= 4 is 11.6 Å². The van der Waals surface area contributed by atoms with Crippen LogP contribution in [0.3, 0.4) is 0 Å². The van der Waals surface area contributed by atoms with Crippen LogP contribution in [0.5, 0.6) is 0 Å². The first-order valence-electron chi connectivity index (χ1n) is 9.92. The molecule has 2 saturated heterocycles. The molecule has 2 atom stereocenters. The second-order valence-corrected chi connectivity index (χ2v) is 7.69. The van der Waals surface area contributed by atoms with E-state index in [2.05, 4.69) is 16.1 Å². The van der Waals surface area contributed by atoms with Crippen LogP contribution in [-0.4, -0.2) is 49.8 Å². The Balaban J connectivity index is 1.38. The Morgan fingerprint density at radius 3 is 2.73 bits per heavy atom. The van der Waals surface area contributed by atoms with Crippen molar-refractivity contribution in [3.63, 3.8) is 0 Å². The standard InChI is InChI=1S/C19H22F3N5O3/c20-19(21,22)14-9-12(11-1-2-11)3-4-15(14)26-10-13-16(25-26)23-18(24-17(13)28)27-5-6-29-7-8-30-27/h3-4,9-11,16,18,23,25H,1-2,5-8H2,(H,24,28). The molecule has 3 heterocycles. The second kappa shape index (κ2) is 7.50. The summed E-state index contributed by atoms with van der Waals surface area (Å²) >= 11 is 0. The van der Waals surface area contributed by atoms with Crippen LogP contribution in [0.2, 0.25) is 0 Å². The van der Waals surface area contributed by atoms with E-state index >= 15 is 0 Å². The number of hydrogen-bond donors (Lipinski definition) is 3. The van der Waals surface area contributed by atoms with Gasteiger partial charge in [-0.2, -0.15) is 18.2 Å². The Morgan fingerprint density at radius 1 is 1.13 bits per heavy atom. The van der Waals surface area contributed by atoms with Crippen molar-refractivity contribution in [1.29, 1.82) is 0 Å². The molecule has 1 saturated carbocycles. The van der Waals surface area contributed by atoms with E-state index in [0.717, 1.165) is 12.8 Å². The van der Waals surface area contributed by atoms with Crippen molar-refractivity contribution in [2.24, 2.45) is 0 Å². The van der Waals surface area contributed by atoms with E-state index in [4.69, 9.17) is 9.57 Å². The quantitative estimate of drug-likeness (QED) is 0.676. The second-order valence-electron chi connectivity index (χ2n) is 7.69. The molecule has 1 aromatic carbocycles. The van der Waals surface area contributed by atoms with Crippen LogP contribution in [0.4, 0.5) is 18.9 Å². The predicted octanol–water partition coefficient (Wildman–Crippen LogP) is 1.38. The van der Waals surface area contributed by atoms with Crippen molar-refractivity contribution in [2.45, 2.75) is 37.4 Å². The lowest BCUT2D eigenvalue weighted by Crippen LogP contribution is -2.67. The summed E-state index contributed by atoms with van der Waals surface area (Å²) in [6, 6.07) is 4.41. The van der Waals surface area contributed by atoms with Gasteiger partial charge < -0.3 is 10.1 Å². The summed E-state index contributed by atoms with van der Waals surface area (Å²) < 4.78 is 46.6. The molecule has 0 bridgehead atoms. The summed E-state index contributed by atoms with van der Waals surface area (Å²) in [5.74, 6) is -0.172. The molecular weight excluding hydrogens is 403 g/mol. The van der Waals surface area contributed by atoms with Gasteiger partial charge in [0.1, 0.15) is 6.17 Å². The molecule has 3 N–H and O–H groups in total. The van der Waals surface area contributed by atoms with E-state index in [-0.39, 0.29) is 17.5 Å². The average Bonchev–Trinajstić information content (AvgIpc) is 3.51. The van der Waals surface area contributed by atoms with Crippen LogP contribution in [0.1, 0.15) is 29.9 Å². The SMILES string of the molecule is O=C1NC(N2CCOCCO2)NC2NN(c3ccc(C4CC4)cc3C(F)(F)F)C=C12. The minimum absolute atomic E-state index is 0.0422. The summed E-state index contributed by atoms with van der Waals surface area (Å²) in [7, 11) is 0. The molecule has 1 aromatic rings. The first-order chi connectivity index (χ1) is 14.4. The maximum atomic E-state index is 13.8. The van der Waals surface area contributed by atoms with Gasteiger partial charge >= 0.3 is 6.18 Å². The van der Waals surface area contributed by atoms with E-state index < -0.39 is 24.2 Å². The fourth-order valence-electron chi connectivity index (χ4n) is 3.88. The predicted molar refractivity (Wildman–Crippen MR) is 99.4 cm³/mol. The molecule has 162 valence electrons. The number of ether oxygens (including phenoxy) is 1. The Hall–Kier alpha value is -2.18. The lowest BCUT2D eigenvalue weighted by atomic mass is 10.0. The van der Waals surface area contributed by atoms with Crippen LogP contribution in [0.25, 0.3) is 0 Å². The van der Waals surface area contributed by atoms with E-state index in [0.29, 0.717) is 37.5 Å². The number of hydroxylamine groups is 2. The molecule has 0 radical (unpaired) electrons. The van der Waals surface area contributed by atoms with Gasteiger partial charge in [0, 0.05) is 6.20 Å². The molecule has 0 spiro atoms. The highest BCUT2D eigenvalue weighted by Gasteiger charge is 2.42. The lowest BCUT2D eigenvalue weighted by molar-refractivity contribution is -0.196. The van der Waals surface area contributed by atoms with Crippen LogP contribution < -0.4 is 21.1 Å². The molecule has 5 rings (SSSR count). The molecule has 0 aromatic heterocycles. The minimum Gasteiger partial charge on any atom is -0.378 e. The van der Waals surface area contributed by atoms with Gasteiger partial charge in [-0.1, -0.05) is 6.07 Å². The third-order valence-corrected chi connectivity index (χ3v) is 5.56. The smallest absolute Gasteiger partial charge is 0.378 e. The summed E-state index contributed by atoms with van der Waals surface area (Å²) in [4.78, 5) is 18.2. The summed E-state index contributed by atoms with van der Waals surface area (Å²) in [6.07, 6.45) is -2.56. The van der Waals surface area contributed by atoms with E-state index in [1.54, 1.807) is 11.1 Å². The molecule has 3 fully saturated rings. The maximum Gasteiger partial charge on any atom is 0.418 e. The van der Waals surface area contributed by atoms with Gasteiger partial charge in [-0.3, -0.25) is 20.0 Å². The number of fused-ring (bicyclic) bond motifs is 1. The molecule has 2 unspecified atom stereocenters. The number of hydrogen-bond acceptors (Lipinski definition) is 7. The maximum absolute atomic E-state index is 13.8. The van der Waals surface area contributed by atoms with Crippen LogP contribution >= 0.6 is 0 Å². The number of carbonyl (C=O) groups excluding carboxylic acids is 1.